The van der Waals surface area contributed by atoms with Crippen molar-refractivity contribution in [3.05, 3.63) is 41.4 Å². The number of rotatable bonds is 5. The summed E-state index contributed by atoms with van der Waals surface area (Å²) in [6, 6.07) is 4.23. The topological polar surface area (TPSA) is 92.2 Å². The van der Waals surface area contributed by atoms with Gasteiger partial charge in [-0.3, -0.25) is 19.8 Å². The van der Waals surface area contributed by atoms with Gasteiger partial charge in [0.15, 0.2) is 0 Å². The molecule has 2 aromatic rings. The van der Waals surface area contributed by atoms with Crippen molar-refractivity contribution in [2.75, 3.05) is 13.1 Å². The molecular weight excluding hydrogens is 399 g/mol. The van der Waals surface area contributed by atoms with Crippen molar-refractivity contribution in [1.29, 1.82) is 0 Å². The quantitative estimate of drug-likeness (QED) is 0.707. The SMILES string of the molecule is O=C(NC(=O)[C@H]1CCCN1)C1C[C@@H](F)CN1Cc1cc(Cl)ccc1-n1cncn1. The van der Waals surface area contributed by atoms with Gasteiger partial charge in [0.25, 0.3) is 0 Å². The third-order valence-electron chi connectivity index (χ3n) is 5.36. The Hall–Kier alpha value is -2.36. The van der Waals surface area contributed by atoms with Gasteiger partial charge in [0, 0.05) is 24.5 Å². The number of hydrogen-bond acceptors (Lipinski definition) is 6. The molecule has 0 spiro atoms. The summed E-state index contributed by atoms with van der Waals surface area (Å²) in [5.41, 5.74) is 1.54. The van der Waals surface area contributed by atoms with Crippen molar-refractivity contribution < 1.29 is 14.0 Å². The summed E-state index contributed by atoms with van der Waals surface area (Å²) < 4.78 is 15.8. The maximum atomic E-state index is 14.2. The fraction of sp³-hybridized carbons (Fsp3) is 0.474. The fourth-order valence-electron chi connectivity index (χ4n) is 3.95. The minimum atomic E-state index is -1.14. The molecule has 1 aromatic heterocycles. The lowest BCUT2D eigenvalue weighted by atomic mass is 10.1. The summed E-state index contributed by atoms with van der Waals surface area (Å²) in [5.74, 6) is -0.811. The first-order valence-electron chi connectivity index (χ1n) is 9.61. The third-order valence-corrected chi connectivity index (χ3v) is 5.59. The molecular formula is C19H22ClFN6O2. The summed E-state index contributed by atoms with van der Waals surface area (Å²) in [7, 11) is 0. The molecule has 0 radical (unpaired) electrons. The lowest BCUT2D eigenvalue weighted by molar-refractivity contribution is -0.134. The number of imide groups is 1. The number of likely N-dealkylation sites (tertiary alicyclic amines) is 1. The molecule has 8 nitrogen and oxygen atoms in total. The second-order valence-electron chi connectivity index (χ2n) is 7.39. The van der Waals surface area contributed by atoms with E-state index >= 15 is 0 Å². The number of halogens is 2. The van der Waals surface area contributed by atoms with Crippen molar-refractivity contribution in [3.8, 4) is 5.69 Å². The molecule has 10 heteroatoms. The molecule has 2 saturated heterocycles. The van der Waals surface area contributed by atoms with Crippen molar-refractivity contribution in [2.24, 2.45) is 0 Å². The Kier molecular flexibility index (Phi) is 5.89. The molecule has 2 amide bonds. The number of amides is 2. The Labute approximate surface area is 172 Å². The van der Waals surface area contributed by atoms with Gasteiger partial charge in [-0.15, -0.1) is 0 Å². The largest absolute Gasteiger partial charge is 0.306 e. The third kappa shape index (κ3) is 4.47. The predicted molar refractivity (Wildman–Crippen MR) is 104 cm³/mol. The van der Waals surface area contributed by atoms with Crippen LogP contribution in [0.1, 0.15) is 24.8 Å². The summed E-state index contributed by atoms with van der Waals surface area (Å²) in [6.07, 6.45) is 3.49. The molecule has 2 fully saturated rings. The van der Waals surface area contributed by atoms with Crippen molar-refractivity contribution >= 4 is 23.4 Å². The fourth-order valence-corrected chi connectivity index (χ4v) is 4.15. The highest BCUT2D eigenvalue weighted by Crippen LogP contribution is 2.27. The molecule has 1 unspecified atom stereocenters. The average molecular weight is 421 g/mol. The summed E-state index contributed by atoms with van der Waals surface area (Å²) in [5, 5.41) is 10.2. The minimum Gasteiger partial charge on any atom is -0.306 e. The maximum Gasteiger partial charge on any atom is 0.244 e. The smallest absolute Gasteiger partial charge is 0.244 e. The van der Waals surface area contributed by atoms with Crippen LogP contribution in [0, 0.1) is 0 Å². The number of nitrogens with zero attached hydrogens (tertiary/aromatic N) is 4. The zero-order chi connectivity index (χ0) is 20.4. The molecule has 0 aliphatic carbocycles. The second kappa shape index (κ2) is 8.56. The van der Waals surface area contributed by atoms with E-state index < -0.39 is 18.1 Å². The van der Waals surface area contributed by atoms with Crippen LogP contribution in [0.2, 0.25) is 5.02 Å². The maximum absolute atomic E-state index is 14.2. The summed E-state index contributed by atoms with van der Waals surface area (Å²) in [4.78, 5) is 30.7. The highest BCUT2D eigenvalue weighted by molar-refractivity contribution is 6.30. The van der Waals surface area contributed by atoms with Gasteiger partial charge in [-0.1, -0.05) is 11.6 Å². The van der Waals surface area contributed by atoms with E-state index in [1.807, 2.05) is 0 Å². The van der Waals surface area contributed by atoms with Gasteiger partial charge >= 0.3 is 0 Å². The highest BCUT2D eigenvalue weighted by atomic mass is 35.5. The number of hydrogen-bond donors (Lipinski definition) is 2. The Morgan fingerprint density at radius 1 is 1.34 bits per heavy atom. The number of carbonyl (C=O) groups is 2. The lowest BCUT2D eigenvalue weighted by Gasteiger charge is -2.24. The van der Waals surface area contributed by atoms with Crippen LogP contribution in [0.25, 0.3) is 5.69 Å². The van der Waals surface area contributed by atoms with E-state index in [4.69, 9.17) is 11.6 Å². The van der Waals surface area contributed by atoms with Crippen molar-refractivity contribution in [1.82, 2.24) is 30.3 Å². The number of benzene rings is 1. The normalized spacial score (nSPS) is 24.7. The molecule has 154 valence electrons. The van der Waals surface area contributed by atoms with E-state index in [1.54, 1.807) is 34.1 Å². The first-order chi connectivity index (χ1) is 14.0. The van der Waals surface area contributed by atoms with Crippen molar-refractivity contribution in [2.45, 2.75) is 44.1 Å². The van der Waals surface area contributed by atoms with Gasteiger partial charge < -0.3 is 5.32 Å². The number of aromatic nitrogens is 3. The molecule has 2 aliphatic rings. The molecule has 4 rings (SSSR count). The zero-order valence-corrected chi connectivity index (χ0v) is 16.5. The number of nitrogens with one attached hydrogen (secondary N) is 2. The van der Waals surface area contributed by atoms with E-state index in [1.165, 1.54) is 6.33 Å². The standard InChI is InChI=1S/C19H22ClFN6O2/c20-13-3-4-16(27-11-22-10-24-27)12(6-13)8-26-9-14(21)7-17(26)19(29)25-18(28)15-2-1-5-23-15/h3-4,6,10-11,14-15,17,23H,1-2,5,7-9H2,(H,25,28,29)/t14-,15-,17?/m1/s1. The van der Waals surface area contributed by atoms with Crippen LogP contribution in [-0.2, 0) is 16.1 Å². The van der Waals surface area contributed by atoms with Crippen LogP contribution in [0.4, 0.5) is 4.39 Å². The van der Waals surface area contributed by atoms with Crippen LogP contribution < -0.4 is 10.6 Å². The summed E-state index contributed by atoms with van der Waals surface area (Å²) in [6.45, 7) is 1.16. The van der Waals surface area contributed by atoms with Gasteiger partial charge in [-0.25, -0.2) is 14.1 Å². The van der Waals surface area contributed by atoms with Gasteiger partial charge in [-0.05, 0) is 43.1 Å². The predicted octanol–water partition coefficient (Wildman–Crippen LogP) is 1.23. The average Bonchev–Trinajstić information content (AvgIpc) is 3.44. The molecule has 3 atom stereocenters. The first-order valence-corrected chi connectivity index (χ1v) is 9.98. The highest BCUT2D eigenvalue weighted by Gasteiger charge is 2.38. The first kappa shape index (κ1) is 19.9. The van der Waals surface area contributed by atoms with Gasteiger partial charge in [-0.2, -0.15) is 5.10 Å². The van der Waals surface area contributed by atoms with Crippen LogP contribution in [-0.4, -0.2) is 62.8 Å². The number of carbonyl (C=O) groups excluding carboxylic acids is 2. The van der Waals surface area contributed by atoms with E-state index in [0.717, 1.165) is 24.2 Å². The molecule has 29 heavy (non-hydrogen) atoms. The van der Waals surface area contributed by atoms with E-state index in [-0.39, 0.29) is 24.9 Å². The van der Waals surface area contributed by atoms with Crippen molar-refractivity contribution in [3.63, 3.8) is 0 Å². The molecule has 0 saturated carbocycles. The van der Waals surface area contributed by atoms with E-state index in [0.29, 0.717) is 18.0 Å². The molecule has 2 N–H and O–H groups in total. The number of alkyl halides is 1. The summed E-state index contributed by atoms with van der Waals surface area (Å²) >= 11 is 6.16. The molecule has 3 heterocycles. The Morgan fingerprint density at radius 3 is 2.93 bits per heavy atom. The molecule has 2 aliphatic heterocycles. The van der Waals surface area contributed by atoms with Crippen LogP contribution in [0.3, 0.4) is 0 Å². The molecule has 1 aromatic carbocycles. The monoisotopic (exact) mass is 420 g/mol. The lowest BCUT2D eigenvalue weighted by Crippen LogP contribution is -2.49. The van der Waals surface area contributed by atoms with E-state index in [2.05, 4.69) is 20.7 Å². The molecule has 0 bridgehead atoms. The zero-order valence-electron chi connectivity index (χ0n) is 15.7. The van der Waals surface area contributed by atoms with E-state index in [9.17, 15) is 14.0 Å². The Morgan fingerprint density at radius 2 is 2.21 bits per heavy atom. The Balaban J connectivity index is 1.51. The second-order valence-corrected chi connectivity index (χ2v) is 7.83. The van der Waals surface area contributed by atoms with Crippen LogP contribution in [0.5, 0.6) is 0 Å². The van der Waals surface area contributed by atoms with Crippen LogP contribution in [0.15, 0.2) is 30.9 Å². The van der Waals surface area contributed by atoms with Crippen LogP contribution >= 0.6 is 11.6 Å². The minimum absolute atomic E-state index is 0.0520. The Bertz CT molecular complexity index is 887. The van der Waals surface area contributed by atoms with Gasteiger partial charge in [0.05, 0.1) is 17.8 Å². The van der Waals surface area contributed by atoms with Gasteiger partial charge in [0.1, 0.15) is 18.8 Å². The van der Waals surface area contributed by atoms with Gasteiger partial charge in [0.2, 0.25) is 11.8 Å².